The van der Waals surface area contributed by atoms with Crippen LogP contribution in [-0.2, 0) is 6.54 Å². The number of hydrogen-bond donors (Lipinski definition) is 3. The van der Waals surface area contributed by atoms with Crippen LogP contribution in [0.3, 0.4) is 0 Å². The molecule has 82 valence electrons. The zero-order chi connectivity index (χ0) is 10.7. The van der Waals surface area contributed by atoms with Gasteiger partial charge in [0.05, 0.1) is 0 Å². The molecule has 15 heavy (non-hydrogen) atoms. The van der Waals surface area contributed by atoms with Crippen molar-refractivity contribution in [3.8, 4) is 0 Å². The highest BCUT2D eigenvalue weighted by Crippen LogP contribution is 2.21. The van der Waals surface area contributed by atoms with Crippen molar-refractivity contribution in [2.24, 2.45) is 5.73 Å². The van der Waals surface area contributed by atoms with Crippen LogP contribution in [0.4, 0.5) is 0 Å². The van der Waals surface area contributed by atoms with Gasteiger partial charge >= 0.3 is 0 Å². The third-order valence-electron chi connectivity index (χ3n) is 2.94. The third-order valence-corrected chi connectivity index (χ3v) is 2.94. The summed E-state index contributed by atoms with van der Waals surface area (Å²) in [5.74, 6) is 0. The van der Waals surface area contributed by atoms with E-state index >= 15 is 0 Å². The molecule has 0 aliphatic carbocycles. The number of nitrogens with two attached hydrogens (primary N) is 1. The topological polar surface area (TPSA) is 70.9 Å². The van der Waals surface area contributed by atoms with Gasteiger partial charge in [-0.25, -0.2) is 0 Å². The van der Waals surface area contributed by atoms with E-state index in [0.29, 0.717) is 18.2 Å². The molecule has 4 N–H and O–H groups in total. The number of piperidine rings is 1. The van der Waals surface area contributed by atoms with E-state index < -0.39 is 0 Å². The van der Waals surface area contributed by atoms with Crippen LogP contribution in [0, 0.1) is 0 Å². The van der Waals surface area contributed by atoms with E-state index in [1.165, 1.54) is 12.8 Å². The molecule has 1 aromatic heterocycles. The lowest BCUT2D eigenvalue weighted by molar-refractivity contribution is 0.411. The van der Waals surface area contributed by atoms with Crippen molar-refractivity contribution in [1.82, 2.24) is 10.3 Å². The number of rotatable bonds is 2. The molecule has 4 nitrogen and oxygen atoms in total. The second kappa shape index (κ2) is 4.59. The van der Waals surface area contributed by atoms with Crippen molar-refractivity contribution < 1.29 is 0 Å². The van der Waals surface area contributed by atoms with Gasteiger partial charge in [0.15, 0.2) is 0 Å². The van der Waals surface area contributed by atoms with E-state index in [2.05, 4.69) is 10.3 Å². The van der Waals surface area contributed by atoms with Crippen molar-refractivity contribution in [2.75, 3.05) is 6.54 Å². The fourth-order valence-electron chi connectivity index (χ4n) is 2.04. The molecular formula is C11H17N3O. The van der Waals surface area contributed by atoms with Crippen molar-refractivity contribution in [3.63, 3.8) is 0 Å². The molecular weight excluding hydrogens is 190 g/mol. The first-order valence-electron chi connectivity index (χ1n) is 5.46. The molecule has 1 fully saturated rings. The fraction of sp³-hybridized carbons (Fsp3) is 0.545. The van der Waals surface area contributed by atoms with Gasteiger partial charge in [-0.15, -0.1) is 0 Å². The number of nitrogens with one attached hydrogen (secondary N) is 2. The minimum absolute atomic E-state index is 0.0722. The fourth-order valence-corrected chi connectivity index (χ4v) is 2.04. The average Bonchev–Trinajstić information content (AvgIpc) is 2.31. The van der Waals surface area contributed by atoms with E-state index in [9.17, 15) is 4.79 Å². The predicted molar refractivity (Wildman–Crippen MR) is 59.5 cm³/mol. The van der Waals surface area contributed by atoms with Gasteiger partial charge in [0, 0.05) is 24.3 Å². The SMILES string of the molecule is NCc1cc(C2CCCCN2)c[nH]c1=O. The Morgan fingerprint density at radius 1 is 1.47 bits per heavy atom. The number of H-pyrrole nitrogens is 1. The van der Waals surface area contributed by atoms with E-state index in [-0.39, 0.29) is 5.56 Å². The summed E-state index contributed by atoms with van der Waals surface area (Å²) in [6.45, 7) is 1.36. The summed E-state index contributed by atoms with van der Waals surface area (Å²) in [6, 6.07) is 2.29. The van der Waals surface area contributed by atoms with Crippen LogP contribution < -0.4 is 16.6 Å². The summed E-state index contributed by atoms with van der Waals surface area (Å²) < 4.78 is 0. The highest BCUT2D eigenvalue weighted by Gasteiger charge is 2.15. The lowest BCUT2D eigenvalue weighted by Crippen LogP contribution is -2.28. The Kier molecular flexibility index (Phi) is 3.18. The Labute approximate surface area is 88.9 Å². The molecule has 1 aromatic rings. The Balaban J connectivity index is 2.23. The predicted octanol–water partition coefficient (Wildman–Crippen LogP) is 0.648. The standard InChI is InChI=1S/C11H17N3O/c12-6-8-5-9(7-14-11(8)15)10-3-1-2-4-13-10/h5,7,10,13H,1-4,6,12H2,(H,14,15). The van der Waals surface area contributed by atoms with Crippen LogP contribution in [-0.4, -0.2) is 11.5 Å². The molecule has 0 bridgehead atoms. The maximum Gasteiger partial charge on any atom is 0.252 e. The molecule has 0 aromatic carbocycles. The molecule has 1 aliphatic rings. The molecule has 0 spiro atoms. The van der Waals surface area contributed by atoms with Crippen LogP contribution in [0.25, 0.3) is 0 Å². The molecule has 0 radical (unpaired) electrons. The molecule has 1 unspecified atom stereocenters. The summed E-state index contributed by atoms with van der Waals surface area (Å²) >= 11 is 0. The summed E-state index contributed by atoms with van der Waals surface area (Å²) in [6.07, 6.45) is 5.42. The molecule has 1 saturated heterocycles. The van der Waals surface area contributed by atoms with Crippen LogP contribution >= 0.6 is 0 Å². The molecule has 2 rings (SSSR count). The van der Waals surface area contributed by atoms with E-state index in [4.69, 9.17) is 5.73 Å². The first kappa shape index (κ1) is 10.4. The van der Waals surface area contributed by atoms with Gasteiger partial charge in [-0.2, -0.15) is 0 Å². The van der Waals surface area contributed by atoms with Gasteiger partial charge in [0.1, 0.15) is 0 Å². The Morgan fingerprint density at radius 3 is 3.00 bits per heavy atom. The smallest absolute Gasteiger partial charge is 0.252 e. The second-order valence-corrected chi connectivity index (χ2v) is 3.99. The third kappa shape index (κ3) is 2.27. The van der Waals surface area contributed by atoms with Crippen LogP contribution in [0.15, 0.2) is 17.1 Å². The second-order valence-electron chi connectivity index (χ2n) is 3.99. The minimum Gasteiger partial charge on any atom is -0.329 e. The summed E-state index contributed by atoms with van der Waals surface area (Å²) in [7, 11) is 0. The monoisotopic (exact) mass is 207 g/mol. The Bertz CT molecular complexity index is 380. The first-order chi connectivity index (χ1) is 7.31. The zero-order valence-corrected chi connectivity index (χ0v) is 8.75. The highest BCUT2D eigenvalue weighted by atomic mass is 16.1. The maximum absolute atomic E-state index is 11.3. The van der Waals surface area contributed by atoms with E-state index in [1.54, 1.807) is 6.20 Å². The normalized spacial score (nSPS) is 21.5. The Hall–Kier alpha value is -1.13. The van der Waals surface area contributed by atoms with Gasteiger partial charge in [-0.3, -0.25) is 4.79 Å². The molecule has 4 heteroatoms. The molecule has 2 heterocycles. The van der Waals surface area contributed by atoms with Gasteiger partial charge < -0.3 is 16.0 Å². The van der Waals surface area contributed by atoms with Crippen molar-refractivity contribution >= 4 is 0 Å². The lowest BCUT2D eigenvalue weighted by Gasteiger charge is -2.23. The summed E-state index contributed by atoms with van der Waals surface area (Å²) in [5.41, 5.74) is 7.25. The number of hydrogen-bond acceptors (Lipinski definition) is 3. The Morgan fingerprint density at radius 2 is 2.33 bits per heavy atom. The minimum atomic E-state index is -0.0722. The summed E-state index contributed by atoms with van der Waals surface area (Å²) in [4.78, 5) is 14.1. The van der Waals surface area contributed by atoms with Crippen LogP contribution in [0.2, 0.25) is 0 Å². The quantitative estimate of drug-likeness (QED) is 0.666. The van der Waals surface area contributed by atoms with E-state index in [1.807, 2.05) is 6.07 Å². The van der Waals surface area contributed by atoms with Crippen LogP contribution in [0.5, 0.6) is 0 Å². The average molecular weight is 207 g/mol. The zero-order valence-electron chi connectivity index (χ0n) is 8.75. The van der Waals surface area contributed by atoms with Gasteiger partial charge in [-0.05, 0) is 31.0 Å². The molecule has 1 atom stereocenters. The number of aromatic nitrogens is 1. The van der Waals surface area contributed by atoms with Gasteiger partial charge in [0.25, 0.3) is 5.56 Å². The largest absolute Gasteiger partial charge is 0.329 e. The lowest BCUT2D eigenvalue weighted by atomic mass is 9.98. The first-order valence-corrected chi connectivity index (χ1v) is 5.46. The van der Waals surface area contributed by atoms with Gasteiger partial charge in [-0.1, -0.05) is 6.42 Å². The van der Waals surface area contributed by atoms with Gasteiger partial charge in [0.2, 0.25) is 0 Å². The number of aromatic amines is 1. The summed E-state index contributed by atoms with van der Waals surface area (Å²) in [5, 5.41) is 3.44. The number of pyridine rings is 1. The van der Waals surface area contributed by atoms with Crippen LogP contribution in [0.1, 0.15) is 36.4 Å². The van der Waals surface area contributed by atoms with Crippen molar-refractivity contribution in [2.45, 2.75) is 31.8 Å². The van der Waals surface area contributed by atoms with E-state index in [0.717, 1.165) is 18.5 Å². The van der Waals surface area contributed by atoms with Crippen molar-refractivity contribution in [3.05, 3.63) is 33.7 Å². The van der Waals surface area contributed by atoms with Crippen molar-refractivity contribution in [1.29, 1.82) is 0 Å². The highest BCUT2D eigenvalue weighted by molar-refractivity contribution is 5.21. The molecule has 0 saturated carbocycles. The maximum atomic E-state index is 11.3. The molecule has 0 amide bonds. The molecule has 1 aliphatic heterocycles.